The molecule has 0 saturated heterocycles. The molecular formula is C16H20N2O2. The normalized spacial score (nSPS) is 10.6. The number of aromatic hydroxyl groups is 1. The Morgan fingerprint density at radius 2 is 1.85 bits per heavy atom. The van der Waals surface area contributed by atoms with Crippen molar-refractivity contribution in [3.63, 3.8) is 0 Å². The second kappa shape index (κ2) is 5.82. The van der Waals surface area contributed by atoms with Gasteiger partial charge in [-0.1, -0.05) is 25.5 Å². The summed E-state index contributed by atoms with van der Waals surface area (Å²) in [6.45, 7) is 2.05. The Balaban J connectivity index is 2.53. The van der Waals surface area contributed by atoms with E-state index in [4.69, 9.17) is 0 Å². The Morgan fingerprint density at radius 3 is 2.40 bits per heavy atom. The molecule has 0 unspecified atom stereocenters. The van der Waals surface area contributed by atoms with Crippen LogP contribution in [0.15, 0.2) is 35.1 Å². The highest BCUT2D eigenvalue weighted by molar-refractivity contribution is 5.68. The predicted molar refractivity (Wildman–Crippen MR) is 82.5 cm³/mol. The monoisotopic (exact) mass is 272 g/mol. The average Bonchev–Trinajstić information content (AvgIpc) is 2.41. The standard InChI is InChI=1S/C16H20N2O2/c1-4-5-13-14(19)10-15(20)17-16(13)11-6-8-12(9-7-11)18(2)3/h6-10H,4-5H2,1-3H3,(H2,17,19,20). The van der Waals surface area contributed by atoms with E-state index in [2.05, 4.69) is 4.98 Å². The lowest BCUT2D eigenvalue weighted by molar-refractivity contribution is 0.466. The first-order valence-corrected chi connectivity index (χ1v) is 6.76. The number of pyridine rings is 1. The highest BCUT2D eigenvalue weighted by Crippen LogP contribution is 2.28. The number of hydrogen-bond acceptors (Lipinski definition) is 3. The molecule has 1 aromatic heterocycles. The van der Waals surface area contributed by atoms with Crippen LogP contribution in [0.5, 0.6) is 5.75 Å². The third-order valence-electron chi connectivity index (χ3n) is 3.30. The van der Waals surface area contributed by atoms with Crippen molar-refractivity contribution >= 4 is 5.69 Å². The van der Waals surface area contributed by atoms with Crippen LogP contribution in [0.2, 0.25) is 0 Å². The number of hydrogen-bond donors (Lipinski definition) is 2. The van der Waals surface area contributed by atoms with E-state index < -0.39 is 0 Å². The van der Waals surface area contributed by atoms with Crippen molar-refractivity contribution < 1.29 is 5.11 Å². The number of rotatable bonds is 4. The van der Waals surface area contributed by atoms with Crippen molar-refractivity contribution in [2.75, 3.05) is 19.0 Å². The fourth-order valence-corrected chi connectivity index (χ4v) is 2.25. The van der Waals surface area contributed by atoms with Gasteiger partial charge in [-0.05, 0) is 24.1 Å². The Morgan fingerprint density at radius 1 is 1.20 bits per heavy atom. The molecule has 106 valence electrons. The van der Waals surface area contributed by atoms with E-state index >= 15 is 0 Å². The minimum Gasteiger partial charge on any atom is -0.507 e. The molecule has 2 aromatic rings. The van der Waals surface area contributed by atoms with E-state index in [0.29, 0.717) is 5.69 Å². The van der Waals surface area contributed by atoms with E-state index in [0.717, 1.165) is 29.7 Å². The SMILES string of the molecule is CCCc1c(O)cc(=O)[nH]c1-c1ccc(N(C)C)cc1. The van der Waals surface area contributed by atoms with E-state index in [1.807, 2.05) is 50.2 Å². The van der Waals surface area contributed by atoms with Crippen molar-refractivity contribution in [3.8, 4) is 17.0 Å². The molecule has 4 nitrogen and oxygen atoms in total. The molecule has 0 radical (unpaired) electrons. The lowest BCUT2D eigenvalue weighted by Crippen LogP contribution is -2.09. The summed E-state index contributed by atoms with van der Waals surface area (Å²) < 4.78 is 0. The Labute approximate surface area is 118 Å². The van der Waals surface area contributed by atoms with Crippen LogP contribution in [0.3, 0.4) is 0 Å². The van der Waals surface area contributed by atoms with E-state index in [1.165, 1.54) is 6.07 Å². The Hall–Kier alpha value is -2.23. The van der Waals surface area contributed by atoms with Crippen LogP contribution in [-0.2, 0) is 6.42 Å². The van der Waals surface area contributed by atoms with Crippen LogP contribution in [0, 0.1) is 0 Å². The Bertz CT molecular complexity index is 643. The minimum absolute atomic E-state index is 0.0716. The zero-order valence-corrected chi connectivity index (χ0v) is 12.1. The van der Waals surface area contributed by atoms with Crippen LogP contribution in [0.25, 0.3) is 11.3 Å². The van der Waals surface area contributed by atoms with E-state index in [1.54, 1.807) is 0 Å². The molecular weight excluding hydrogens is 252 g/mol. The second-order valence-corrected chi connectivity index (χ2v) is 5.06. The average molecular weight is 272 g/mol. The number of aromatic nitrogens is 1. The summed E-state index contributed by atoms with van der Waals surface area (Å²) in [4.78, 5) is 16.4. The quantitative estimate of drug-likeness (QED) is 0.899. The molecule has 1 heterocycles. The van der Waals surface area contributed by atoms with Crippen LogP contribution >= 0.6 is 0 Å². The van der Waals surface area contributed by atoms with Crippen molar-refractivity contribution in [3.05, 3.63) is 46.2 Å². The lowest BCUT2D eigenvalue weighted by atomic mass is 10.0. The second-order valence-electron chi connectivity index (χ2n) is 5.06. The molecule has 4 heteroatoms. The van der Waals surface area contributed by atoms with Gasteiger partial charge in [0.1, 0.15) is 5.75 Å². The summed E-state index contributed by atoms with van der Waals surface area (Å²) in [5.74, 6) is 0.0716. The zero-order chi connectivity index (χ0) is 14.7. The molecule has 0 aliphatic heterocycles. The molecule has 0 atom stereocenters. The molecule has 0 spiro atoms. The predicted octanol–water partition coefficient (Wildman–Crippen LogP) is 2.77. The first-order valence-electron chi connectivity index (χ1n) is 6.76. The number of nitrogens with one attached hydrogen (secondary N) is 1. The van der Waals surface area contributed by atoms with Gasteiger partial charge in [0.05, 0.1) is 5.69 Å². The summed E-state index contributed by atoms with van der Waals surface area (Å²) in [7, 11) is 3.96. The number of nitrogens with zero attached hydrogens (tertiary/aromatic N) is 1. The summed E-state index contributed by atoms with van der Waals surface area (Å²) in [6, 6.07) is 9.14. The molecule has 2 rings (SSSR count). The molecule has 0 aliphatic rings. The highest BCUT2D eigenvalue weighted by Gasteiger charge is 2.11. The fraction of sp³-hybridized carbons (Fsp3) is 0.312. The van der Waals surface area contributed by atoms with Crippen LogP contribution < -0.4 is 10.5 Å². The fourth-order valence-electron chi connectivity index (χ4n) is 2.25. The third kappa shape index (κ3) is 2.85. The van der Waals surface area contributed by atoms with Crippen LogP contribution in [-0.4, -0.2) is 24.2 Å². The maximum atomic E-state index is 11.6. The lowest BCUT2D eigenvalue weighted by Gasteiger charge is -2.14. The molecule has 2 N–H and O–H groups in total. The molecule has 0 amide bonds. The largest absolute Gasteiger partial charge is 0.507 e. The maximum Gasteiger partial charge on any atom is 0.252 e. The third-order valence-corrected chi connectivity index (χ3v) is 3.30. The van der Waals surface area contributed by atoms with E-state index in [9.17, 15) is 9.90 Å². The molecule has 20 heavy (non-hydrogen) atoms. The van der Waals surface area contributed by atoms with Gasteiger partial charge in [0, 0.05) is 31.4 Å². The van der Waals surface area contributed by atoms with Gasteiger partial charge in [-0.25, -0.2) is 0 Å². The first kappa shape index (κ1) is 14.2. The van der Waals surface area contributed by atoms with Crippen molar-refractivity contribution in [2.24, 2.45) is 0 Å². The number of anilines is 1. The summed E-state index contributed by atoms with van der Waals surface area (Å²) in [6.07, 6.45) is 1.63. The maximum absolute atomic E-state index is 11.6. The van der Waals surface area contributed by atoms with Gasteiger partial charge in [0.25, 0.3) is 5.56 Å². The summed E-state index contributed by atoms with van der Waals surface area (Å²) >= 11 is 0. The summed E-state index contributed by atoms with van der Waals surface area (Å²) in [5.41, 5.74) is 3.22. The number of aromatic amines is 1. The van der Waals surface area contributed by atoms with Gasteiger partial charge >= 0.3 is 0 Å². The molecule has 0 saturated carbocycles. The van der Waals surface area contributed by atoms with Gasteiger partial charge in [-0.3, -0.25) is 4.79 Å². The first-order chi connectivity index (χ1) is 9.52. The topological polar surface area (TPSA) is 56.3 Å². The Kier molecular flexibility index (Phi) is 4.13. The van der Waals surface area contributed by atoms with Gasteiger partial charge in [0.15, 0.2) is 0 Å². The number of benzene rings is 1. The molecule has 0 aliphatic carbocycles. The van der Waals surface area contributed by atoms with Gasteiger partial charge in [-0.2, -0.15) is 0 Å². The summed E-state index contributed by atoms with van der Waals surface area (Å²) in [5, 5.41) is 9.98. The minimum atomic E-state index is -0.283. The highest BCUT2D eigenvalue weighted by atomic mass is 16.3. The van der Waals surface area contributed by atoms with Gasteiger partial charge < -0.3 is 15.0 Å². The molecule has 1 aromatic carbocycles. The van der Waals surface area contributed by atoms with E-state index in [-0.39, 0.29) is 11.3 Å². The van der Waals surface area contributed by atoms with Gasteiger partial charge in [-0.15, -0.1) is 0 Å². The molecule has 0 fully saturated rings. The van der Waals surface area contributed by atoms with Crippen molar-refractivity contribution in [1.29, 1.82) is 0 Å². The van der Waals surface area contributed by atoms with Crippen molar-refractivity contribution in [2.45, 2.75) is 19.8 Å². The molecule has 0 bridgehead atoms. The zero-order valence-electron chi connectivity index (χ0n) is 12.1. The van der Waals surface area contributed by atoms with Crippen LogP contribution in [0.4, 0.5) is 5.69 Å². The van der Waals surface area contributed by atoms with Gasteiger partial charge in [0.2, 0.25) is 0 Å². The smallest absolute Gasteiger partial charge is 0.252 e. The number of H-pyrrole nitrogens is 1. The van der Waals surface area contributed by atoms with Crippen LogP contribution in [0.1, 0.15) is 18.9 Å². The van der Waals surface area contributed by atoms with Crippen molar-refractivity contribution in [1.82, 2.24) is 4.98 Å².